The number of nitrogens with one attached hydrogen (secondary N) is 2. The van der Waals surface area contributed by atoms with Gasteiger partial charge in [-0.15, -0.1) is 22.6 Å². The van der Waals surface area contributed by atoms with Gasteiger partial charge < -0.3 is 15.8 Å². The van der Waals surface area contributed by atoms with Crippen LogP contribution in [0, 0.1) is 6.92 Å². The van der Waals surface area contributed by atoms with Gasteiger partial charge in [-0.05, 0) is 36.8 Å². The number of halogens is 1. The molecule has 2 heterocycles. The monoisotopic (exact) mass is 375 g/mol. The minimum atomic E-state index is -0.268. The van der Waals surface area contributed by atoms with E-state index in [1.54, 1.807) is 30.3 Å². The van der Waals surface area contributed by atoms with Crippen molar-refractivity contribution in [2.75, 3.05) is 0 Å². The molecule has 4 N–H and O–H groups in total. The van der Waals surface area contributed by atoms with E-state index >= 15 is 0 Å². The Morgan fingerprint density at radius 3 is 2.88 bits per heavy atom. The number of ether oxygens (including phenoxy) is 1. The second-order valence-electron chi connectivity index (χ2n) is 5.30. The van der Waals surface area contributed by atoms with Gasteiger partial charge in [0.05, 0.1) is 6.54 Å². The van der Waals surface area contributed by atoms with E-state index in [1.165, 1.54) is 0 Å². The normalized spacial score (nSPS) is 10.1. The number of rotatable bonds is 6. The lowest BCUT2D eigenvalue weighted by molar-refractivity contribution is 0.0949. The van der Waals surface area contributed by atoms with E-state index in [4.69, 9.17) is 10.5 Å². The summed E-state index contributed by atoms with van der Waals surface area (Å²) in [5.41, 5.74) is 7.86. The fourth-order valence-electron chi connectivity index (χ4n) is 2.22. The highest BCUT2D eigenvalue weighted by Crippen LogP contribution is 2.22. The molecule has 26 heavy (non-hydrogen) atoms. The zero-order valence-electron chi connectivity index (χ0n) is 14.0. The molecule has 3 aromatic rings. The molecule has 9 nitrogen and oxygen atoms in total. The minimum absolute atomic E-state index is 0. The molecule has 3 rings (SSSR count). The molecule has 0 spiro atoms. The summed E-state index contributed by atoms with van der Waals surface area (Å²) in [4.78, 5) is 16.5. The van der Waals surface area contributed by atoms with Crippen LogP contribution >= 0.6 is 12.4 Å². The highest BCUT2D eigenvalue weighted by molar-refractivity contribution is 5.94. The van der Waals surface area contributed by atoms with Crippen LogP contribution in [0.15, 0.2) is 36.4 Å². The second kappa shape index (κ2) is 8.88. The van der Waals surface area contributed by atoms with E-state index in [-0.39, 0.29) is 24.9 Å². The summed E-state index contributed by atoms with van der Waals surface area (Å²) < 4.78 is 5.76. The molecule has 0 aliphatic rings. The molecule has 0 unspecified atom stereocenters. The van der Waals surface area contributed by atoms with Crippen molar-refractivity contribution in [1.29, 1.82) is 0 Å². The number of hydrogen-bond donors (Lipinski definition) is 3. The SMILES string of the molecule is Cc1cc(CN)cc(Oc2cccc(C(=O)NCc3nn[nH]n3)c2)n1.Cl. The minimum Gasteiger partial charge on any atom is -0.439 e. The zero-order valence-corrected chi connectivity index (χ0v) is 14.8. The summed E-state index contributed by atoms with van der Waals surface area (Å²) in [5.74, 6) is 1.08. The molecule has 10 heteroatoms. The van der Waals surface area contributed by atoms with E-state index in [0.717, 1.165) is 11.3 Å². The Kier molecular flexibility index (Phi) is 6.59. The number of amides is 1. The summed E-state index contributed by atoms with van der Waals surface area (Å²) in [6.07, 6.45) is 0. The maximum Gasteiger partial charge on any atom is 0.251 e. The van der Waals surface area contributed by atoms with Gasteiger partial charge in [0.25, 0.3) is 5.91 Å². The Hall–Kier alpha value is -3.04. The molecule has 0 atom stereocenters. The Labute approximate surface area is 155 Å². The van der Waals surface area contributed by atoms with Crippen LogP contribution in [0.4, 0.5) is 0 Å². The number of hydrogen-bond acceptors (Lipinski definition) is 7. The van der Waals surface area contributed by atoms with E-state index in [2.05, 4.69) is 30.9 Å². The maximum absolute atomic E-state index is 12.2. The van der Waals surface area contributed by atoms with Crippen LogP contribution < -0.4 is 15.8 Å². The molecule has 0 radical (unpaired) electrons. The number of aryl methyl sites for hydroxylation is 1. The van der Waals surface area contributed by atoms with Gasteiger partial charge in [0.2, 0.25) is 5.88 Å². The standard InChI is InChI=1S/C16H17N7O2.ClH/c1-10-5-11(8-17)6-15(19-10)25-13-4-2-3-12(7-13)16(24)18-9-14-20-22-23-21-14;/h2-7H,8-9,17H2,1H3,(H,18,24)(H,20,21,22,23);1H. The third-order valence-corrected chi connectivity index (χ3v) is 3.34. The van der Waals surface area contributed by atoms with Crippen molar-refractivity contribution in [3.05, 3.63) is 59.0 Å². The topological polar surface area (TPSA) is 132 Å². The van der Waals surface area contributed by atoms with E-state index in [9.17, 15) is 4.79 Å². The Morgan fingerprint density at radius 1 is 1.31 bits per heavy atom. The Balaban J connectivity index is 0.00000243. The largest absolute Gasteiger partial charge is 0.439 e. The number of carbonyl (C=O) groups excluding carboxylic acids is 1. The van der Waals surface area contributed by atoms with Crippen molar-refractivity contribution < 1.29 is 9.53 Å². The predicted molar refractivity (Wildman–Crippen MR) is 96.0 cm³/mol. The lowest BCUT2D eigenvalue weighted by Crippen LogP contribution is -2.23. The smallest absolute Gasteiger partial charge is 0.251 e. The average Bonchev–Trinajstić information content (AvgIpc) is 3.13. The molecule has 0 aliphatic heterocycles. The zero-order chi connectivity index (χ0) is 17.6. The highest BCUT2D eigenvalue weighted by Gasteiger charge is 2.09. The van der Waals surface area contributed by atoms with Crippen LogP contribution in [-0.2, 0) is 13.1 Å². The first-order valence-electron chi connectivity index (χ1n) is 7.60. The molecule has 0 aliphatic carbocycles. The van der Waals surface area contributed by atoms with E-state index in [0.29, 0.717) is 29.6 Å². The molecule has 0 saturated carbocycles. The Bertz CT molecular complexity index is 871. The van der Waals surface area contributed by atoms with Gasteiger partial charge in [0, 0.05) is 23.9 Å². The molecule has 0 bridgehead atoms. The van der Waals surface area contributed by atoms with E-state index < -0.39 is 0 Å². The summed E-state index contributed by atoms with van der Waals surface area (Å²) in [7, 11) is 0. The summed E-state index contributed by atoms with van der Waals surface area (Å²) in [6.45, 7) is 2.45. The fourth-order valence-corrected chi connectivity index (χ4v) is 2.22. The van der Waals surface area contributed by atoms with Crippen molar-refractivity contribution in [1.82, 2.24) is 30.9 Å². The van der Waals surface area contributed by atoms with Crippen LogP contribution in [0.1, 0.15) is 27.4 Å². The number of carbonyl (C=O) groups is 1. The quantitative estimate of drug-likeness (QED) is 0.594. The van der Waals surface area contributed by atoms with Gasteiger partial charge in [0.1, 0.15) is 5.75 Å². The number of aromatic nitrogens is 5. The van der Waals surface area contributed by atoms with Gasteiger partial charge in [-0.3, -0.25) is 4.79 Å². The number of benzene rings is 1. The molecule has 2 aromatic heterocycles. The van der Waals surface area contributed by atoms with Gasteiger partial charge in [-0.2, -0.15) is 5.21 Å². The summed E-state index contributed by atoms with van der Waals surface area (Å²) >= 11 is 0. The van der Waals surface area contributed by atoms with Crippen LogP contribution in [0.3, 0.4) is 0 Å². The molecule has 136 valence electrons. The highest BCUT2D eigenvalue weighted by atomic mass is 35.5. The third kappa shape index (κ3) is 4.98. The first-order valence-corrected chi connectivity index (χ1v) is 7.60. The van der Waals surface area contributed by atoms with E-state index in [1.807, 2.05) is 13.0 Å². The van der Waals surface area contributed by atoms with Crippen LogP contribution in [0.5, 0.6) is 11.6 Å². The van der Waals surface area contributed by atoms with Gasteiger partial charge in [0.15, 0.2) is 5.82 Å². The van der Waals surface area contributed by atoms with Crippen LogP contribution in [0.25, 0.3) is 0 Å². The number of nitrogens with two attached hydrogens (primary N) is 1. The number of nitrogens with zero attached hydrogens (tertiary/aromatic N) is 4. The fraction of sp³-hybridized carbons (Fsp3) is 0.188. The number of aromatic amines is 1. The van der Waals surface area contributed by atoms with Crippen LogP contribution in [0.2, 0.25) is 0 Å². The molecular weight excluding hydrogens is 358 g/mol. The average molecular weight is 376 g/mol. The predicted octanol–water partition coefficient (Wildman–Crippen LogP) is 1.51. The van der Waals surface area contributed by atoms with Crippen molar-refractivity contribution in [3.63, 3.8) is 0 Å². The first-order chi connectivity index (χ1) is 12.1. The maximum atomic E-state index is 12.2. The molecule has 1 amide bonds. The number of pyridine rings is 1. The Morgan fingerprint density at radius 2 is 2.15 bits per heavy atom. The number of tetrazole rings is 1. The van der Waals surface area contributed by atoms with Crippen molar-refractivity contribution in [3.8, 4) is 11.6 Å². The second-order valence-corrected chi connectivity index (χ2v) is 5.30. The third-order valence-electron chi connectivity index (χ3n) is 3.34. The van der Waals surface area contributed by atoms with Gasteiger partial charge in [-0.1, -0.05) is 11.3 Å². The molecule has 0 fully saturated rings. The van der Waals surface area contributed by atoms with Crippen molar-refractivity contribution in [2.24, 2.45) is 5.73 Å². The van der Waals surface area contributed by atoms with Crippen molar-refractivity contribution >= 4 is 18.3 Å². The van der Waals surface area contributed by atoms with Gasteiger partial charge >= 0.3 is 0 Å². The molecule has 1 aromatic carbocycles. The molecule has 0 saturated heterocycles. The first kappa shape index (κ1) is 19.3. The van der Waals surface area contributed by atoms with Crippen LogP contribution in [-0.4, -0.2) is 31.5 Å². The summed E-state index contributed by atoms with van der Waals surface area (Å²) in [5, 5.41) is 16.0. The van der Waals surface area contributed by atoms with Gasteiger partial charge in [-0.25, -0.2) is 4.98 Å². The lowest BCUT2D eigenvalue weighted by Gasteiger charge is -2.09. The lowest BCUT2D eigenvalue weighted by atomic mass is 10.2. The summed E-state index contributed by atoms with van der Waals surface area (Å²) in [6, 6.07) is 10.5. The van der Waals surface area contributed by atoms with Crippen molar-refractivity contribution in [2.45, 2.75) is 20.0 Å². The molecular formula is C16H18ClN7O2. The number of H-pyrrole nitrogens is 1.